The van der Waals surface area contributed by atoms with Crippen LogP contribution in [-0.2, 0) is 6.18 Å². The summed E-state index contributed by atoms with van der Waals surface area (Å²) in [7, 11) is 0. The van der Waals surface area contributed by atoms with E-state index in [0.717, 1.165) is 17.8 Å². The zero-order valence-electron chi connectivity index (χ0n) is 9.62. The Kier molecular flexibility index (Phi) is 2.98. The first-order chi connectivity index (χ1) is 8.38. The van der Waals surface area contributed by atoms with Crippen LogP contribution in [0.4, 0.5) is 19.0 Å². The predicted octanol–water partition coefficient (Wildman–Crippen LogP) is 3.66. The highest BCUT2D eigenvalue weighted by molar-refractivity contribution is 5.69. The second kappa shape index (κ2) is 4.33. The maximum absolute atomic E-state index is 12.9. The van der Waals surface area contributed by atoms with Gasteiger partial charge in [-0.25, -0.2) is 4.98 Å². The summed E-state index contributed by atoms with van der Waals surface area (Å²) in [6.45, 7) is 1.82. The highest BCUT2D eigenvalue weighted by Gasteiger charge is 2.34. The number of nitrogen functional groups attached to an aromatic ring is 1. The summed E-state index contributed by atoms with van der Waals surface area (Å²) in [5, 5.41) is 0. The molecule has 0 fully saturated rings. The number of hydrogen-bond donors (Lipinski definition) is 1. The molecule has 0 amide bonds. The molecular formula is C13H11F3N2. The molecule has 0 unspecified atom stereocenters. The van der Waals surface area contributed by atoms with Crippen LogP contribution >= 0.6 is 0 Å². The van der Waals surface area contributed by atoms with Gasteiger partial charge in [0, 0.05) is 11.8 Å². The number of rotatable bonds is 1. The zero-order chi connectivity index (χ0) is 13.3. The Hall–Kier alpha value is -2.04. The maximum Gasteiger partial charge on any atom is 0.417 e. The van der Waals surface area contributed by atoms with E-state index in [1.165, 1.54) is 0 Å². The van der Waals surface area contributed by atoms with E-state index >= 15 is 0 Å². The fraction of sp³-hybridized carbons (Fsp3) is 0.154. The van der Waals surface area contributed by atoms with Crippen LogP contribution in [0, 0.1) is 6.92 Å². The minimum absolute atomic E-state index is 0.0420. The molecule has 94 valence electrons. The fourth-order valence-electron chi connectivity index (χ4n) is 1.75. The summed E-state index contributed by atoms with van der Waals surface area (Å²) in [5.74, 6) is -0.140. The Morgan fingerprint density at radius 3 is 2.50 bits per heavy atom. The molecule has 5 heteroatoms. The van der Waals surface area contributed by atoms with Crippen molar-refractivity contribution in [2.24, 2.45) is 0 Å². The van der Waals surface area contributed by atoms with E-state index in [2.05, 4.69) is 4.98 Å². The average Bonchev–Trinajstić information content (AvgIpc) is 2.27. The van der Waals surface area contributed by atoms with Crippen LogP contribution < -0.4 is 5.73 Å². The summed E-state index contributed by atoms with van der Waals surface area (Å²) < 4.78 is 38.8. The van der Waals surface area contributed by atoms with Crippen LogP contribution in [0.15, 0.2) is 36.5 Å². The summed E-state index contributed by atoms with van der Waals surface area (Å²) in [6, 6.07) is 7.69. The first-order valence-corrected chi connectivity index (χ1v) is 5.27. The monoisotopic (exact) mass is 252 g/mol. The molecular weight excluding hydrogens is 241 g/mol. The third-order valence-corrected chi connectivity index (χ3v) is 2.56. The number of aryl methyl sites for hydroxylation is 1. The molecule has 0 atom stereocenters. The number of anilines is 1. The largest absolute Gasteiger partial charge is 0.417 e. The zero-order valence-corrected chi connectivity index (χ0v) is 9.62. The first kappa shape index (κ1) is 12.4. The molecule has 0 aliphatic heterocycles. The molecule has 1 heterocycles. The van der Waals surface area contributed by atoms with Crippen LogP contribution in [0.1, 0.15) is 11.1 Å². The number of nitrogens with two attached hydrogens (primary N) is 1. The Labute approximate surface area is 102 Å². The first-order valence-electron chi connectivity index (χ1n) is 5.27. The normalized spacial score (nSPS) is 11.6. The number of nitrogens with zero attached hydrogens (tertiary/aromatic N) is 1. The lowest BCUT2D eigenvalue weighted by atomic mass is 10.00. The molecule has 1 aromatic heterocycles. The Balaban J connectivity index is 2.64. The number of pyridine rings is 1. The van der Waals surface area contributed by atoms with Crippen molar-refractivity contribution in [1.29, 1.82) is 0 Å². The molecule has 0 bridgehead atoms. The number of halogens is 3. The van der Waals surface area contributed by atoms with Crippen LogP contribution in [0.25, 0.3) is 11.1 Å². The molecule has 18 heavy (non-hydrogen) atoms. The van der Waals surface area contributed by atoms with Crippen molar-refractivity contribution < 1.29 is 13.2 Å². The van der Waals surface area contributed by atoms with Crippen molar-refractivity contribution in [3.8, 4) is 11.1 Å². The lowest BCUT2D eigenvalue weighted by Crippen LogP contribution is -2.09. The van der Waals surface area contributed by atoms with Crippen molar-refractivity contribution in [3.05, 3.63) is 47.7 Å². The highest BCUT2D eigenvalue weighted by atomic mass is 19.4. The van der Waals surface area contributed by atoms with Gasteiger partial charge in [0.1, 0.15) is 5.82 Å². The predicted molar refractivity (Wildman–Crippen MR) is 63.8 cm³/mol. The van der Waals surface area contributed by atoms with Crippen LogP contribution in [0.2, 0.25) is 0 Å². The van der Waals surface area contributed by atoms with Crippen molar-refractivity contribution in [2.45, 2.75) is 13.1 Å². The highest BCUT2D eigenvalue weighted by Crippen LogP contribution is 2.37. The molecule has 2 aromatic rings. The van der Waals surface area contributed by atoms with Gasteiger partial charge in [0.2, 0.25) is 0 Å². The van der Waals surface area contributed by atoms with Gasteiger partial charge < -0.3 is 5.73 Å². The molecule has 0 saturated carbocycles. The minimum atomic E-state index is -4.45. The van der Waals surface area contributed by atoms with Crippen molar-refractivity contribution in [2.75, 3.05) is 5.73 Å². The van der Waals surface area contributed by atoms with Gasteiger partial charge in [-0.05, 0) is 18.6 Å². The van der Waals surface area contributed by atoms with E-state index in [1.54, 1.807) is 18.2 Å². The van der Waals surface area contributed by atoms with Gasteiger partial charge in [-0.3, -0.25) is 0 Å². The van der Waals surface area contributed by atoms with Gasteiger partial charge in [0.05, 0.1) is 5.56 Å². The molecule has 0 saturated heterocycles. The van der Waals surface area contributed by atoms with Crippen molar-refractivity contribution in [1.82, 2.24) is 4.98 Å². The Morgan fingerprint density at radius 1 is 1.17 bits per heavy atom. The molecule has 2 N–H and O–H groups in total. The Morgan fingerprint density at radius 2 is 1.89 bits per heavy atom. The van der Waals surface area contributed by atoms with Crippen molar-refractivity contribution >= 4 is 5.82 Å². The van der Waals surface area contributed by atoms with E-state index in [9.17, 15) is 13.2 Å². The van der Waals surface area contributed by atoms with Gasteiger partial charge in [0.25, 0.3) is 0 Å². The van der Waals surface area contributed by atoms with Gasteiger partial charge >= 0.3 is 6.18 Å². The average molecular weight is 252 g/mol. The summed E-state index contributed by atoms with van der Waals surface area (Å²) in [6.07, 6.45) is -3.29. The van der Waals surface area contributed by atoms with Gasteiger partial charge in [0.15, 0.2) is 0 Å². The molecule has 2 rings (SSSR count). The van der Waals surface area contributed by atoms with Gasteiger partial charge in [-0.1, -0.05) is 29.8 Å². The minimum Gasteiger partial charge on any atom is -0.384 e. The molecule has 0 radical (unpaired) electrons. The number of benzene rings is 1. The summed E-state index contributed by atoms with van der Waals surface area (Å²) >= 11 is 0. The van der Waals surface area contributed by atoms with E-state index in [-0.39, 0.29) is 11.4 Å². The van der Waals surface area contributed by atoms with Crippen LogP contribution in [0.3, 0.4) is 0 Å². The van der Waals surface area contributed by atoms with E-state index in [1.807, 2.05) is 13.0 Å². The van der Waals surface area contributed by atoms with Gasteiger partial charge in [-0.15, -0.1) is 0 Å². The second-order valence-corrected chi connectivity index (χ2v) is 4.02. The number of aromatic nitrogens is 1. The topological polar surface area (TPSA) is 38.9 Å². The van der Waals surface area contributed by atoms with Gasteiger partial charge in [-0.2, -0.15) is 13.2 Å². The van der Waals surface area contributed by atoms with Crippen LogP contribution in [-0.4, -0.2) is 4.98 Å². The number of hydrogen-bond acceptors (Lipinski definition) is 2. The molecule has 0 spiro atoms. The maximum atomic E-state index is 12.9. The molecule has 2 nitrogen and oxygen atoms in total. The Bertz CT molecular complexity index is 577. The summed E-state index contributed by atoms with van der Waals surface area (Å²) in [5.41, 5.74) is 5.97. The van der Waals surface area contributed by atoms with E-state index < -0.39 is 11.7 Å². The number of alkyl halides is 3. The third kappa shape index (κ3) is 2.45. The van der Waals surface area contributed by atoms with Crippen molar-refractivity contribution in [3.63, 3.8) is 0 Å². The standard InChI is InChI=1S/C13H11F3N2/c1-8-3-2-4-9(5-8)10-7-18-12(17)6-11(10)13(14,15)16/h2-7H,1H3,(H2,17,18). The smallest absolute Gasteiger partial charge is 0.384 e. The third-order valence-electron chi connectivity index (χ3n) is 2.56. The fourth-order valence-corrected chi connectivity index (χ4v) is 1.75. The lowest BCUT2D eigenvalue weighted by molar-refractivity contribution is -0.137. The van der Waals surface area contributed by atoms with Crippen LogP contribution in [0.5, 0.6) is 0 Å². The van der Waals surface area contributed by atoms with E-state index in [0.29, 0.717) is 5.56 Å². The summed E-state index contributed by atoms with van der Waals surface area (Å²) in [4.78, 5) is 3.74. The molecule has 0 aliphatic rings. The SMILES string of the molecule is Cc1cccc(-c2cnc(N)cc2C(F)(F)F)c1. The van der Waals surface area contributed by atoms with E-state index in [4.69, 9.17) is 5.73 Å². The second-order valence-electron chi connectivity index (χ2n) is 4.02. The lowest BCUT2D eigenvalue weighted by Gasteiger charge is -2.13. The molecule has 1 aromatic carbocycles. The quantitative estimate of drug-likeness (QED) is 0.841. The molecule has 0 aliphatic carbocycles.